The van der Waals surface area contributed by atoms with Gasteiger partial charge in [0, 0.05) is 5.70 Å². The van der Waals surface area contributed by atoms with Gasteiger partial charge in [0.15, 0.2) is 0 Å². The molecule has 0 aliphatic carbocycles. The molecule has 0 fully saturated rings. The highest BCUT2D eigenvalue weighted by Crippen LogP contribution is 2.32. The topological polar surface area (TPSA) is 55.6 Å². The molecule has 1 atom stereocenters. The number of rotatable bonds is 2. The smallest absolute Gasteiger partial charge is 0.248 e. The Bertz CT molecular complexity index is 882. The summed E-state index contributed by atoms with van der Waals surface area (Å²) in [6.07, 6.45) is 2.05. The Morgan fingerprint density at radius 3 is 2.65 bits per heavy atom. The van der Waals surface area contributed by atoms with Crippen LogP contribution in [0.1, 0.15) is 22.7 Å². The number of fused-ring (bicyclic) bond motifs is 1. The monoisotopic (exact) mass is 307 g/mol. The van der Waals surface area contributed by atoms with Crippen LogP contribution in [0.4, 0.5) is 10.3 Å². The van der Waals surface area contributed by atoms with E-state index in [-0.39, 0.29) is 11.9 Å². The summed E-state index contributed by atoms with van der Waals surface area (Å²) in [5, 5.41) is 15.1. The quantitative estimate of drug-likeness (QED) is 0.790. The fourth-order valence-corrected chi connectivity index (χ4v) is 2.79. The van der Waals surface area contributed by atoms with E-state index in [1.807, 2.05) is 12.1 Å². The van der Waals surface area contributed by atoms with Gasteiger partial charge in [0.2, 0.25) is 5.95 Å². The average molecular weight is 307 g/mol. The molecule has 114 valence electrons. The lowest BCUT2D eigenvalue weighted by Gasteiger charge is -2.24. The molecule has 5 nitrogen and oxygen atoms in total. The fourth-order valence-electron chi connectivity index (χ4n) is 2.79. The SMILES string of the molecule is Cc1ccccc1[C@H]1C=C(c2ccc(F)cc2)Nc2nnnn21. The number of allylic oxidation sites excluding steroid dienone is 1. The molecule has 0 spiro atoms. The van der Waals surface area contributed by atoms with E-state index in [1.54, 1.807) is 16.8 Å². The lowest BCUT2D eigenvalue weighted by atomic mass is 9.98. The number of tetrazole rings is 1. The Morgan fingerprint density at radius 1 is 1.09 bits per heavy atom. The number of hydrogen-bond donors (Lipinski definition) is 1. The number of benzene rings is 2. The van der Waals surface area contributed by atoms with E-state index in [4.69, 9.17) is 0 Å². The van der Waals surface area contributed by atoms with Crippen molar-refractivity contribution in [3.05, 3.63) is 77.1 Å². The standard InChI is InChI=1S/C17H14FN5/c1-11-4-2-3-5-14(11)16-10-15(12-6-8-13(18)9-7-12)19-17-20-21-22-23(16)17/h2-10,16H,1H3,(H,19,20,22)/t16-/m1/s1. The predicted molar refractivity (Wildman–Crippen MR) is 85.1 cm³/mol. The first kappa shape index (κ1) is 13.6. The highest BCUT2D eigenvalue weighted by Gasteiger charge is 2.25. The third-order valence-electron chi connectivity index (χ3n) is 3.99. The summed E-state index contributed by atoms with van der Waals surface area (Å²) in [5.41, 5.74) is 4.04. The summed E-state index contributed by atoms with van der Waals surface area (Å²) in [4.78, 5) is 0. The van der Waals surface area contributed by atoms with E-state index in [9.17, 15) is 4.39 Å². The zero-order chi connectivity index (χ0) is 15.8. The van der Waals surface area contributed by atoms with Gasteiger partial charge in [0.25, 0.3) is 0 Å². The van der Waals surface area contributed by atoms with Gasteiger partial charge in [-0.05, 0) is 64.4 Å². The first-order valence-corrected chi connectivity index (χ1v) is 7.30. The zero-order valence-corrected chi connectivity index (χ0v) is 12.4. The lowest BCUT2D eigenvalue weighted by Crippen LogP contribution is -2.20. The Kier molecular flexibility index (Phi) is 3.15. The fraction of sp³-hybridized carbons (Fsp3) is 0.118. The molecule has 0 saturated carbocycles. The molecule has 0 saturated heterocycles. The zero-order valence-electron chi connectivity index (χ0n) is 12.4. The van der Waals surface area contributed by atoms with Crippen molar-refractivity contribution in [3.8, 4) is 0 Å². The molecule has 0 amide bonds. The second-order valence-corrected chi connectivity index (χ2v) is 5.46. The summed E-state index contributed by atoms with van der Waals surface area (Å²) in [6, 6.07) is 14.4. The van der Waals surface area contributed by atoms with Crippen molar-refractivity contribution < 1.29 is 4.39 Å². The Balaban J connectivity index is 1.83. The van der Waals surface area contributed by atoms with Crippen molar-refractivity contribution in [1.82, 2.24) is 20.2 Å². The summed E-state index contributed by atoms with van der Waals surface area (Å²) in [7, 11) is 0. The number of aryl methyl sites for hydroxylation is 1. The van der Waals surface area contributed by atoms with Crippen molar-refractivity contribution in [1.29, 1.82) is 0 Å². The van der Waals surface area contributed by atoms with E-state index in [1.165, 1.54) is 12.1 Å². The summed E-state index contributed by atoms with van der Waals surface area (Å²) in [6.45, 7) is 2.06. The minimum atomic E-state index is -0.259. The highest BCUT2D eigenvalue weighted by molar-refractivity contribution is 5.77. The molecule has 1 aliphatic heterocycles. The third kappa shape index (κ3) is 2.38. The van der Waals surface area contributed by atoms with Gasteiger partial charge < -0.3 is 5.32 Å². The van der Waals surface area contributed by atoms with Crippen LogP contribution in [0.3, 0.4) is 0 Å². The van der Waals surface area contributed by atoms with Gasteiger partial charge in [-0.3, -0.25) is 0 Å². The third-order valence-corrected chi connectivity index (χ3v) is 3.99. The second kappa shape index (κ2) is 5.31. The Labute approximate surface area is 132 Å². The van der Waals surface area contributed by atoms with Crippen LogP contribution in [-0.4, -0.2) is 20.2 Å². The van der Waals surface area contributed by atoms with Crippen LogP contribution in [0.15, 0.2) is 54.6 Å². The normalized spacial score (nSPS) is 16.4. The van der Waals surface area contributed by atoms with Crippen LogP contribution < -0.4 is 5.32 Å². The van der Waals surface area contributed by atoms with Gasteiger partial charge >= 0.3 is 0 Å². The van der Waals surface area contributed by atoms with Gasteiger partial charge in [0.1, 0.15) is 11.9 Å². The molecule has 2 aromatic carbocycles. The molecule has 1 aliphatic rings. The van der Waals surface area contributed by atoms with Crippen LogP contribution >= 0.6 is 0 Å². The largest absolute Gasteiger partial charge is 0.323 e. The molecule has 0 radical (unpaired) electrons. The minimum Gasteiger partial charge on any atom is -0.323 e. The van der Waals surface area contributed by atoms with Gasteiger partial charge in [-0.15, -0.1) is 0 Å². The van der Waals surface area contributed by atoms with Crippen molar-refractivity contribution in [2.24, 2.45) is 0 Å². The number of nitrogens with zero attached hydrogens (tertiary/aromatic N) is 4. The molecule has 0 unspecified atom stereocenters. The minimum absolute atomic E-state index is 0.109. The van der Waals surface area contributed by atoms with E-state index >= 15 is 0 Å². The number of aromatic nitrogens is 4. The van der Waals surface area contributed by atoms with E-state index < -0.39 is 0 Å². The second-order valence-electron chi connectivity index (χ2n) is 5.46. The molecule has 1 aromatic heterocycles. The molecule has 0 bridgehead atoms. The molecule has 6 heteroatoms. The van der Waals surface area contributed by atoms with Gasteiger partial charge in [-0.25, -0.2) is 4.39 Å². The van der Waals surface area contributed by atoms with Crippen molar-refractivity contribution in [3.63, 3.8) is 0 Å². The summed E-state index contributed by atoms with van der Waals surface area (Å²) in [5.74, 6) is 0.311. The summed E-state index contributed by atoms with van der Waals surface area (Å²) >= 11 is 0. The highest BCUT2D eigenvalue weighted by atomic mass is 19.1. The Morgan fingerprint density at radius 2 is 1.87 bits per heavy atom. The van der Waals surface area contributed by atoms with Gasteiger partial charge in [-0.1, -0.05) is 29.4 Å². The number of hydrogen-bond acceptors (Lipinski definition) is 4. The molecule has 4 rings (SSSR count). The number of nitrogens with one attached hydrogen (secondary N) is 1. The maximum atomic E-state index is 13.2. The maximum absolute atomic E-state index is 13.2. The average Bonchev–Trinajstić information content (AvgIpc) is 3.04. The van der Waals surface area contributed by atoms with E-state index in [0.29, 0.717) is 5.95 Å². The molecule has 3 aromatic rings. The van der Waals surface area contributed by atoms with Crippen LogP contribution in [0.25, 0.3) is 5.70 Å². The van der Waals surface area contributed by atoms with Crippen LogP contribution in [0.2, 0.25) is 0 Å². The van der Waals surface area contributed by atoms with E-state index in [0.717, 1.165) is 22.4 Å². The van der Waals surface area contributed by atoms with Crippen molar-refractivity contribution in [2.45, 2.75) is 13.0 Å². The lowest BCUT2D eigenvalue weighted by molar-refractivity contribution is 0.583. The first-order chi connectivity index (χ1) is 11.2. The van der Waals surface area contributed by atoms with Crippen molar-refractivity contribution >= 4 is 11.6 Å². The molecule has 23 heavy (non-hydrogen) atoms. The molecule has 2 heterocycles. The number of anilines is 1. The van der Waals surface area contributed by atoms with Gasteiger partial charge in [-0.2, -0.15) is 4.68 Å². The number of halogens is 1. The maximum Gasteiger partial charge on any atom is 0.248 e. The van der Waals surface area contributed by atoms with Crippen LogP contribution in [-0.2, 0) is 0 Å². The molecular formula is C17H14FN5. The van der Waals surface area contributed by atoms with Crippen LogP contribution in [0, 0.1) is 12.7 Å². The van der Waals surface area contributed by atoms with E-state index in [2.05, 4.69) is 46.0 Å². The van der Waals surface area contributed by atoms with Crippen LogP contribution in [0.5, 0.6) is 0 Å². The molecular weight excluding hydrogens is 293 g/mol. The predicted octanol–water partition coefficient (Wildman–Crippen LogP) is 3.18. The first-order valence-electron chi connectivity index (χ1n) is 7.30. The molecule has 1 N–H and O–H groups in total. The van der Waals surface area contributed by atoms with Gasteiger partial charge in [0.05, 0.1) is 0 Å². The Hall–Kier alpha value is -3.02. The summed E-state index contributed by atoms with van der Waals surface area (Å²) < 4.78 is 14.9. The van der Waals surface area contributed by atoms with Crippen molar-refractivity contribution in [2.75, 3.05) is 5.32 Å².